The highest BCUT2D eigenvalue weighted by Gasteiger charge is 2.09. The average molecular weight is 340 g/mol. The molecule has 0 saturated carbocycles. The van der Waals surface area contributed by atoms with Gasteiger partial charge in [-0.05, 0) is 31.2 Å². The Morgan fingerprint density at radius 2 is 2.16 bits per heavy atom. The van der Waals surface area contributed by atoms with Gasteiger partial charge in [0, 0.05) is 25.7 Å². The highest BCUT2D eigenvalue weighted by molar-refractivity contribution is 5.79. The standard InChI is InChI=1S/C17H20N6O2/c1-2-18-17(21-12-13-6-5-11-24-13)20-10-8-15-22-16(25-23-15)14-7-3-4-9-19-14/h3-7,9,11H,2,8,10,12H2,1H3,(H2,18,20,21). The van der Waals surface area contributed by atoms with E-state index >= 15 is 0 Å². The predicted molar refractivity (Wildman–Crippen MR) is 92.8 cm³/mol. The second-order valence-electron chi connectivity index (χ2n) is 5.18. The molecule has 0 aromatic carbocycles. The molecule has 0 aliphatic carbocycles. The van der Waals surface area contributed by atoms with E-state index in [4.69, 9.17) is 8.94 Å². The van der Waals surface area contributed by atoms with Crippen LogP contribution in [0.15, 0.2) is 56.7 Å². The zero-order chi connectivity index (χ0) is 17.3. The molecule has 0 aliphatic heterocycles. The van der Waals surface area contributed by atoms with Crippen LogP contribution in [0, 0.1) is 0 Å². The van der Waals surface area contributed by atoms with E-state index in [1.54, 1.807) is 12.5 Å². The fourth-order valence-corrected chi connectivity index (χ4v) is 2.14. The third-order valence-corrected chi connectivity index (χ3v) is 3.31. The predicted octanol–water partition coefficient (Wildman–Crippen LogP) is 2.02. The number of hydrogen-bond donors (Lipinski definition) is 2. The molecule has 130 valence electrons. The van der Waals surface area contributed by atoms with Crippen LogP contribution in [0.5, 0.6) is 0 Å². The van der Waals surface area contributed by atoms with Crippen LogP contribution in [0.1, 0.15) is 18.5 Å². The van der Waals surface area contributed by atoms with Crippen molar-refractivity contribution in [3.8, 4) is 11.6 Å². The van der Waals surface area contributed by atoms with Gasteiger partial charge < -0.3 is 19.6 Å². The van der Waals surface area contributed by atoms with Gasteiger partial charge >= 0.3 is 0 Å². The van der Waals surface area contributed by atoms with E-state index in [2.05, 4.69) is 30.8 Å². The first-order valence-corrected chi connectivity index (χ1v) is 8.13. The summed E-state index contributed by atoms with van der Waals surface area (Å²) in [4.78, 5) is 13.0. The van der Waals surface area contributed by atoms with E-state index < -0.39 is 0 Å². The van der Waals surface area contributed by atoms with Crippen molar-refractivity contribution in [3.05, 3.63) is 54.4 Å². The van der Waals surface area contributed by atoms with E-state index in [1.165, 1.54) is 0 Å². The van der Waals surface area contributed by atoms with Crippen LogP contribution >= 0.6 is 0 Å². The Kier molecular flexibility index (Phi) is 5.76. The van der Waals surface area contributed by atoms with Gasteiger partial charge in [-0.15, -0.1) is 0 Å². The van der Waals surface area contributed by atoms with E-state index in [1.807, 2.05) is 37.3 Å². The molecular formula is C17H20N6O2. The molecule has 0 saturated heterocycles. The van der Waals surface area contributed by atoms with Crippen LogP contribution in [0.25, 0.3) is 11.6 Å². The number of guanidine groups is 1. The van der Waals surface area contributed by atoms with Crippen molar-refractivity contribution in [1.29, 1.82) is 0 Å². The van der Waals surface area contributed by atoms with Crippen molar-refractivity contribution in [2.24, 2.45) is 4.99 Å². The molecule has 3 aromatic rings. The van der Waals surface area contributed by atoms with Crippen molar-refractivity contribution in [2.45, 2.75) is 19.9 Å². The zero-order valence-electron chi connectivity index (χ0n) is 14.0. The van der Waals surface area contributed by atoms with Gasteiger partial charge in [-0.3, -0.25) is 4.98 Å². The SMILES string of the molecule is CCNC(=NCc1ccco1)NCCc1noc(-c2ccccn2)n1. The van der Waals surface area contributed by atoms with Crippen molar-refractivity contribution < 1.29 is 8.94 Å². The summed E-state index contributed by atoms with van der Waals surface area (Å²) in [6, 6.07) is 9.30. The maximum absolute atomic E-state index is 5.28. The molecule has 8 nitrogen and oxygen atoms in total. The number of hydrogen-bond acceptors (Lipinski definition) is 6. The molecule has 0 unspecified atom stereocenters. The molecule has 3 heterocycles. The number of furan rings is 1. The molecule has 0 spiro atoms. The Morgan fingerprint density at radius 1 is 1.20 bits per heavy atom. The first kappa shape index (κ1) is 16.7. The zero-order valence-corrected chi connectivity index (χ0v) is 14.0. The third-order valence-electron chi connectivity index (χ3n) is 3.31. The molecule has 0 fully saturated rings. The number of nitrogens with zero attached hydrogens (tertiary/aromatic N) is 4. The second kappa shape index (κ2) is 8.62. The fraction of sp³-hybridized carbons (Fsp3) is 0.294. The van der Waals surface area contributed by atoms with Crippen LogP contribution in [0.3, 0.4) is 0 Å². The monoisotopic (exact) mass is 340 g/mol. The summed E-state index contributed by atoms with van der Waals surface area (Å²) < 4.78 is 10.5. The lowest BCUT2D eigenvalue weighted by Gasteiger charge is -2.09. The molecule has 2 N–H and O–H groups in total. The van der Waals surface area contributed by atoms with Gasteiger partial charge in [-0.25, -0.2) is 4.99 Å². The molecule has 8 heteroatoms. The van der Waals surface area contributed by atoms with Gasteiger partial charge in [-0.2, -0.15) is 4.98 Å². The highest BCUT2D eigenvalue weighted by Crippen LogP contribution is 2.13. The number of rotatable bonds is 7. The summed E-state index contributed by atoms with van der Waals surface area (Å²) in [5.41, 5.74) is 0.669. The van der Waals surface area contributed by atoms with E-state index in [0.29, 0.717) is 42.9 Å². The maximum Gasteiger partial charge on any atom is 0.276 e. The number of nitrogens with one attached hydrogen (secondary N) is 2. The van der Waals surface area contributed by atoms with Crippen molar-refractivity contribution in [1.82, 2.24) is 25.8 Å². The lowest BCUT2D eigenvalue weighted by Crippen LogP contribution is -2.38. The summed E-state index contributed by atoms with van der Waals surface area (Å²) in [6.07, 6.45) is 3.95. The van der Waals surface area contributed by atoms with Gasteiger partial charge in [0.2, 0.25) is 0 Å². The Morgan fingerprint density at radius 3 is 2.92 bits per heavy atom. The van der Waals surface area contributed by atoms with Gasteiger partial charge in [0.05, 0.1) is 6.26 Å². The van der Waals surface area contributed by atoms with Crippen molar-refractivity contribution in [3.63, 3.8) is 0 Å². The van der Waals surface area contributed by atoms with Crippen LogP contribution < -0.4 is 10.6 Å². The van der Waals surface area contributed by atoms with Crippen LogP contribution in [0.4, 0.5) is 0 Å². The lowest BCUT2D eigenvalue weighted by molar-refractivity contribution is 0.421. The normalized spacial score (nSPS) is 11.5. The van der Waals surface area contributed by atoms with Crippen molar-refractivity contribution in [2.75, 3.05) is 13.1 Å². The van der Waals surface area contributed by atoms with Gasteiger partial charge in [0.15, 0.2) is 11.8 Å². The van der Waals surface area contributed by atoms with Crippen molar-refractivity contribution >= 4 is 5.96 Å². The largest absolute Gasteiger partial charge is 0.467 e. The minimum Gasteiger partial charge on any atom is -0.467 e. The summed E-state index contributed by atoms with van der Waals surface area (Å²) in [5.74, 6) is 2.58. The first-order valence-electron chi connectivity index (χ1n) is 8.13. The molecule has 0 aliphatic rings. The van der Waals surface area contributed by atoms with Gasteiger partial charge in [-0.1, -0.05) is 11.2 Å². The highest BCUT2D eigenvalue weighted by atomic mass is 16.5. The van der Waals surface area contributed by atoms with Gasteiger partial charge in [0.25, 0.3) is 5.89 Å². The minimum atomic E-state index is 0.425. The van der Waals surface area contributed by atoms with E-state index in [-0.39, 0.29) is 0 Å². The number of aromatic nitrogens is 3. The number of aliphatic imine (C=N–C) groups is 1. The maximum atomic E-state index is 5.28. The smallest absolute Gasteiger partial charge is 0.276 e. The third kappa shape index (κ3) is 4.90. The minimum absolute atomic E-state index is 0.425. The first-order chi connectivity index (χ1) is 12.3. The molecule has 0 bridgehead atoms. The summed E-state index contributed by atoms with van der Waals surface area (Å²) in [6.45, 7) is 3.90. The number of pyridine rings is 1. The Labute approximate surface area is 145 Å². The molecule has 0 radical (unpaired) electrons. The molecule has 3 rings (SSSR count). The Balaban J connectivity index is 1.52. The van der Waals surface area contributed by atoms with Crippen LogP contribution in [-0.4, -0.2) is 34.2 Å². The molecular weight excluding hydrogens is 320 g/mol. The summed E-state index contributed by atoms with van der Waals surface area (Å²) in [5, 5.41) is 10.4. The fourth-order valence-electron chi connectivity index (χ4n) is 2.14. The molecule has 0 atom stereocenters. The summed E-state index contributed by atoms with van der Waals surface area (Å²) >= 11 is 0. The quantitative estimate of drug-likeness (QED) is 0.501. The average Bonchev–Trinajstić information content (AvgIpc) is 3.32. The summed E-state index contributed by atoms with van der Waals surface area (Å²) in [7, 11) is 0. The van der Waals surface area contributed by atoms with E-state index in [0.717, 1.165) is 12.3 Å². The Hall–Kier alpha value is -3.16. The van der Waals surface area contributed by atoms with Crippen LogP contribution in [-0.2, 0) is 13.0 Å². The van der Waals surface area contributed by atoms with Gasteiger partial charge in [0.1, 0.15) is 18.0 Å². The van der Waals surface area contributed by atoms with E-state index in [9.17, 15) is 0 Å². The topological polar surface area (TPSA) is 101 Å². The molecule has 3 aromatic heterocycles. The lowest BCUT2D eigenvalue weighted by atomic mass is 10.3. The second-order valence-corrected chi connectivity index (χ2v) is 5.18. The Bertz CT molecular complexity index is 783. The van der Waals surface area contributed by atoms with Crippen LogP contribution in [0.2, 0.25) is 0 Å². The molecule has 0 amide bonds. The molecule has 25 heavy (non-hydrogen) atoms.